The Labute approximate surface area is 112 Å². The van der Waals surface area contributed by atoms with Gasteiger partial charge in [0.2, 0.25) is 0 Å². The van der Waals surface area contributed by atoms with Gasteiger partial charge in [0.15, 0.2) is 0 Å². The van der Waals surface area contributed by atoms with Crippen molar-refractivity contribution in [1.29, 1.82) is 0 Å². The summed E-state index contributed by atoms with van der Waals surface area (Å²) in [6, 6.07) is 3.52. The lowest BCUT2D eigenvalue weighted by Crippen LogP contribution is -2.30. The highest BCUT2D eigenvalue weighted by Gasteiger charge is 2.11. The molecule has 1 aromatic rings. The van der Waals surface area contributed by atoms with Crippen molar-refractivity contribution in [2.45, 2.75) is 12.2 Å². The van der Waals surface area contributed by atoms with Crippen molar-refractivity contribution >= 4 is 17.7 Å². The Morgan fingerprint density at radius 2 is 2.44 bits per heavy atom. The van der Waals surface area contributed by atoms with E-state index in [1.54, 1.807) is 30.1 Å². The Hall–Kier alpha value is -1.51. The molecule has 1 unspecified atom stereocenters. The minimum atomic E-state index is -0.196. The number of nitrogens with two attached hydrogens (primary N) is 1. The fourth-order valence-corrected chi connectivity index (χ4v) is 1.49. The van der Waals surface area contributed by atoms with Crippen molar-refractivity contribution in [3.63, 3.8) is 0 Å². The molecule has 0 saturated carbocycles. The lowest BCUT2D eigenvalue weighted by molar-refractivity contribution is 0.0949. The Morgan fingerprint density at radius 3 is 3.11 bits per heavy atom. The molecule has 1 heterocycles. The molecule has 18 heavy (non-hydrogen) atoms. The van der Waals surface area contributed by atoms with Crippen LogP contribution in [0.25, 0.3) is 0 Å². The number of aromatic nitrogens is 1. The van der Waals surface area contributed by atoms with Crippen LogP contribution in [-0.2, 0) is 0 Å². The highest BCUT2D eigenvalue weighted by molar-refractivity contribution is 7.99. The fourth-order valence-electron chi connectivity index (χ4n) is 1.24. The van der Waals surface area contributed by atoms with Crippen molar-refractivity contribution in [3.8, 4) is 11.8 Å². The van der Waals surface area contributed by atoms with Crippen molar-refractivity contribution in [2.75, 3.05) is 19.3 Å². The summed E-state index contributed by atoms with van der Waals surface area (Å²) in [5.41, 5.74) is 6.28. The topological polar surface area (TPSA) is 68.0 Å². The van der Waals surface area contributed by atoms with Gasteiger partial charge >= 0.3 is 0 Å². The first kappa shape index (κ1) is 14.6. The zero-order chi connectivity index (χ0) is 13.4. The minimum absolute atomic E-state index is 0.196. The van der Waals surface area contributed by atoms with Gasteiger partial charge in [-0.25, -0.2) is 4.98 Å². The van der Waals surface area contributed by atoms with Gasteiger partial charge in [0.25, 0.3) is 5.91 Å². The molecule has 1 atom stereocenters. The van der Waals surface area contributed by atoms with Gasteiger partial charge < -0.3 is 11.1 Å². The molecule has 0 bridgehead atoms. The molecule has 0 radical (unpaired) electrons. The summed E-state index contributed by atoms with van der Waals surface area (Å²) in [6.07, 6.45) is 3.59. The molecule has 0 aromatic carbocycles. The van der Waals surface area contributed by atoms with Crippen LogP contribution in [0.1, 0.15) is 23.0 Å². The normalized spacial score (nSPS) is 11.3. The molecule has 96 valence electrons. The number of nitrogens with zero attached hydrogens (tertiary/aromatic N) is 1. The van der Waals surface area contributed by atoms with Crippen LogP contribution < -0.4 is 11.1 Å². The number of hydrogen-bond acceptors (Lipinski definition) is 4. The molecule has 0 aliphatic rings. The number of amides is 1. The minimum Gasteiger partial charge on any atom is -0.350 e. The van der Waals surface area contributed by atoms with Gasteiger partial charge in [0.05, 0.1) is 12.1 Å². The largest absolute Gasteiger partial charge is 0.350 e. The summed E-state index contributed by atoms with van der Waals surface area (Å²) in [6.45, 7) is 2.93. The molecular weight excluding hydrogens is 246 g/mol. The summed E-state index contributed by atoms with van der Waals surface area (Å²) in [5.74, 6) is 5.38. The first-order valence-corrected chi connectivity index (χ1v) is 6.92. The van der Waals surface area contributed by atoms with E-state index in [2.05, 4.69) is 29.1 Å². The maximum absolute atomic E-state index is 12.0. The smallest absolute Gasteiger partial charge is 0.271 e. The highest BCUT2D eigenvalue weighted by Crippen LogP contribution is 2.06. The van der Waals surface area contributed by atoms with E-state index < -0.39 is 0 Å². The Kier molecular flexibility index (Phi) is 6.26. The fraction of sp³-hybridized carbons (Fsp3) is 0.385. The van der Waals surface area contributed by atoms with Crippen LogP contribution in [0.2, 0.25) is 0 Å². The van der Waals surface area contributed by atoms with Crippen LogP contribution in [0, 0.1) is 11.8 Å². The number of thioether (sulfide) groups is 1. The molecule has 4 nitrogen and oxygen atoms in total. The standard InChI is InChI=1S/C13H17N3OS/c1-10(18-2)9-16-13(17)12-11(5-3-7-14)6-4-8-15-12/h4,6,8,10H,7,9,14H2,1-2H3,(H,16,17). The van der Waals surface area contributed by atoms with Crippen LogP contribution >= 0.6 is 11.8 Å². The van der Waals surface area contributed by atoms with Crippen LogP contribution in [0.4, 0.5) is 0 Å². The van der Waals surface area contributed by atoms with Crippen molar-refractivity contribution < 1.29 is 4.79 Å². The number of hydrogen-bond donors (Lipinski definition) is 2. The van der Waals surface area contributed by atoms with Gasteiger partial charge in [-0.2, -0.15) is 11.8 Å². The quantitative estimate of drug-likeness (QED) is 0.791. The molecule has 0 aliphatic heterocycles. The summed E-state index contributed by atoms with van der Waals surface area (Å²) < 4.78 is 0. The zero-order valence-corrected chi connectivity index (χ0v) is 11.4. The molecule has 1 amide bonds. The summed E-state index contributed by atoms with van der Waals surface area (Å²) in [4.78, 5) is 16.0. The van der Waals surface area contributed by atoms with E-state index in [0.717, 1.165) is 0 Å². The lowest BCUT2D eigenvalue weighted by Gasteiger charge is -2.10. The third-order valence-corrected chi connectivity index (χ3v) is 3.27. The van der Waals surface area contributed by atoms with Crippen LogP contribution in [-0.4, -0.2) is 35.5 Å². The average molecular weight is 263 g/mol. The van der Waals surface area contributed by atoms with Gasteiger partial charge in [-0.3, -0.25) is 4.79 Å². The molecule has 1 rings (SSSR count). The molecule has 3 N–H and O–H groups in total. The monoisotopic (exact) mass is 263 g/mol. The van der Waals surface area contributed by atoms with Crippen LogP contribution in [0.5, 0.6) is 0 Å². The van der Waals surface area contributed by atoms with Crippen molar-refractivity contribution in [2.24, 2.45) is 5.73 Å². The SMILES string of the molecule is CSC(C)CNC(=O)c1ncccc1C#CCN. The van der Waals surface area contributed by atoms with Crippen molar-refractivity contribution in [3.05, 3.63) is 29.6 Å². The van der Waals surface area contributed by atoms with Crippen LogP contribution in [0.15, 0.2) is 18.3 Å². The van der Waals surface area contributed by atoms with E-state index in [1.807, 2.05) is 6.26 Å². The molecular formula is C13H17N3OS. The van der Waals surface area contributed by atoms with Gasteiger partial charge in [0.1, 0.15) is 5.69 Å². The Morgan fingerprint density at radius 1 is 1.67 bits per heavy atom. The van der Waals surface area contributed by atoms with Gasteiger partial charge in [-0.15, -0.1) is 0 Å². The van der Waals surface area contributed by atoms with E-state index in [4.69, 9.17) is 5.73 Å². The first-order chi connectivity index (χ1) is 8.69. The Bertz CT molecular complexity index is 465. The number of carbonyl (C=O) groups is 1. The maximum Gasteiger partial charge on any atom is 0.271 e. The number of carbonyl (C=O) groups excluding carboxylic acids is 1. The van der Waals surface area contributed by atoms with Gasteiger partial charge in [-0.05, 0) is 18.4 Å². The summed E-state index contributed by atoms with van der Waals surface area (Å²) in [7, 11) is 0. The predicted molar refractivity (Wildman–Crippen MR) is 75.5 cm³/mol. The van der Waals surface area contributed by atoms with Gasteiger partial charge in [-0.1, -0.05) is 18.8 Å². The third-order valence-electron chi connectivity index (χ3n) is 2.30. The summed E-state index contributed by atoms with van der Waals surface area (Å²) in [5, 5.41) is 3.22. The molecule has 0 fully saturated rings. The number of rotatable bonds is 4. The average Bonchev–Trinajstić information content (AvgIpc) is 2.42. The van der Waals surface area contributed by atoms with E-state index in [0.29, 0.717) is 23.1 Å². The second-order valence-electron chi connectivity index (χ2n) is 3.66. The third kappa shape index (κ3) is 4.40. The number of nitrogens with one attached hydrogen (secondary N) is 1. The molecule has 0 saturated heterocycles. The molecule has 5 heteroatoms. The van der Waals surface area contributed by atoms with Crippen LogP contribution in [0.3, 0.4) is 0 Å². The van der Waals surface area contributed by atoms with E-state index in [1.165, 1.54) is 0 Å². The Balaban J connectivity index is 2.79. The molecule has 1 aromatic heterocycles. The van der Waals surface area contributed by atoms with E-state index >= 15 is 0 Å². The maximum atomic E-state index is 12.0. The summed E-state index contributed by atoms with van der Waals surface area (Å²) >= 11 is 1.70. The predicted octanol–water partition coefficient (Wildman–Crippen LogP) is 0.873. The molecule has 0 spiro atoms. The zero-order valence-electron chi connectivity index (χ0n) is 10.6. The second kappa shape index (κ2) is 7.75. The first-order valence-electron chi connectivity index (χ1n) is 5.64. The van der Waals surface area contributed by atoms with Gasteiger partial charge in [0, 0.05) is 18.0 Å². The van der Waals surface area contributed by atoms with E-state index in [-0.39, 0.29) is 12.5 Å². The highest BCUT2D eigenvalue weighted by atomic mass is 32.2. The van der Waals surface area contributed by atoms with E-state index in [9.17, 15) is 4.79 Å². The number of pyridine rings is 1. The lowest BCUT2D eigenvalue weighted by atomic mass is 10.2. The molecule has 0 aliphatic carbocycles. The second-order valence-corrected chi connectivity index (χ2v) is 4.94. The van der Waals surface area contributed by atoms with Crippen molar-refractivity contribution in [1.82, 2.24) is 10.3 Å².